The van der Waals surface area contributed by atoms with Crippen LogP contribution in [0.3, 0.4) is 0 Å². The van der Waals surface area contributed by atoms with Crippen LogP contribution in [0.2, 0.25) is 0 Å². The molecule has 0 amide bonds. The second kappa shape index (κ2) is 4.36. The van der Waals surface area contributed by atoms with Gasteiger partial charge in [0.05, 0.1) is 17.7 Å². The van der Waals surface area contributed by atoms with Gasteiger partial charge < -0.3 is 5.43 Å². The van der Waals surface area contributed by atoms with E-state index >= 15 is 0 Å². The minimum atomic E-state index is 0.0983. The summed E-state index contributed by atoms with van der Waals surface area (Å²) in [5.41, 5.74) is 4.60. The van der Waals surface area contributed by atoms with E-state index in [0.717, 1.165) is 12.8 Å². The Morgan fingerprint density at radius 1 is 1.22 bits per heavy atom. The van der Waals surface area contributed by atoms with Crippen LogP contribution in [-0.4, -0.2) is 17.5 Å². The van der Waals surface area contributed by atoms with Crippen molar-refractivity contribution >= 4 is 11.5 Å². The van der Waals surface area contributed by atoms with Crippen LogP contribution in [0.1, 0.15) is 58.8 Å². The molecule has 3 rings (SSSR count). The first kappa shape index (κ1) is 12.2. The normalized spacial score (nSPS) is 35.9. The smallest absolute Gasteiger partial charge is 0.144 e. The molecule has 3 nitrogen and oxygen atoms in total. The van der Waals surface area contributed by atoms with Gasteiger partial charge in [0.1, 0.15) is 5.78 Å². The number of hydrogen-bond acceptors (Lipinski definition) is 3. The molecule has 2 atom stereocenters. The Hall–Kier alpha value is -0.860. The van der Waals surface area contributed by atoms with Gasteiger partial charge in [0.2, 0.25) is 0 Å². The molecule has 1 aliphatic heterocycles. The first-order chi connectivity index (χ1) is 8.57. The first-order valence-corrected chi connectivity index (χ1v) is 7.42. The minimum Gasteiger partial charge on any atom is -0.306 e. The second-order valence-corrected chi connectivity index (χ2v) is 7.10. The number of hydrogen-bond donors (Lipinski definition) is 1. The molecule has 18 heavy (non-hydrogen) atoms. The van der Waals surface area contributed by atoms with E-state index in [1.165, 1.54) is 37.8 Å². The molecule has 0 aromatic rings. The minimum absolute atomic E-state index is 0.0983. The maximum atomic E-state index is 12.4. The van der Waals surface area contributed by atoms with Crippen molar-refractivity contribution in [3.05, 3.63) is 0 Å². The molecular weight excluding hydrogens is 224 g/mol. The molecule has 0 spiro atoms. The van der Waals surface area contributed by atoms with Crippen LogP contribution in [0, 0.1) is 17.3 Å². The summed E-state index contributed by atoms with van der Waals surface area (Å²) in [6, 6.07) is 0.276. The average Bonchev–Trinajstić information content (AvgIpc) is 2.72. The molecule has 1 heterocycles. The summed E-state index contributed by atoms with van der Waals surface area (Å²) in [6.07, 6.45) is 8.24. The van der Waals surface area contributed by atoms with Crippen LogP contribution in [-0.2, 0) is 4.79 Å². The highest BCUT2D eigenvalue weighted by Crippen LogP contribution is 2.41. The fourth-order valence-electron chi connectivity index (χ4n) is 4.05. The molecule has 2 fully saturated rings. The topological polar surface area (TPSA) is 41.5 Å². The molecule has 0 aromatic heterocycles. The number of nitrogens with one attached hydrogen (secondary N) is 1. The highest BCUT2D eigenvalue weighted by atomic mass is 16.1. The van der Waals surface area contributed by atoms with E-state index in [2.05, 4.69) is 24.4 Å². The molecule has 1 N–H and O–H groups in total. The number of carbonyl (C=O) groups excluding carboxylic acids is 1. The van der Waals surface area contributed by atoms with E-state index in [4.69, 9.17) is 0 Å². The predicted molar refractivity (Wildman–Crippen MR) is 72.4 cm³/mol. The Bertz CT molecular complexity index is 380. The van der Waals surface area contributed by atoms with Crippen molar-refractivity contribution < 1.29 is 4.79 Å². The third kappa shape index (κ3) is 2.08. The summed E-state index contributed by atoms with van der Waals surface area (Å²) in [6.45, 7) is 4.39. The van der Waals surface area contributed by atoms with Crippen molar-refractivity contribution in [2.24, 2.45) is 22.4 Å². The number of fused-ring (bicyclic) bond motifs is 1. The summed E-state index contributed by atoms with van der Waals surface area (Å²) in [7, 11) is 0. The fourth-order valence-corrected chi connectivity index (χ4v) is 4.05. The monoisotopic (exact) mass is 248 g/mol. The van der Waals surface area contributed by atoms with Gasteiger partial charge in [-0.3, -0.25) is 4.79 Å². The molecule has 0 bridgehead atoms. The number of nitrogens with zero attached hydrogens (tertiary/aromatic N) is 1. The van der Waals surface area contributed by atoms with E-state index in [1.54, 1.807) is 0 Å². The van der Waals surface area contributed by atoms with Crippen LogP contribution in [0.25, 0.3) is 0 Å². The zero-order valence-electron chi connectivity index (χ0n) is 11.5. The Morgan fingerprint density at radius 3 is 2.67 bits per heavy atom. The van der Waals surface area contributed by atoms with Gasteiger partial charge in [-0.05, 0) is 30.6 Å². The Balaban J connectivity index is 1.77. The largest absolute Gasteiger partial charge is 0.306 e. The lowest BCUT2D eigenvalue weighted by Crippen LogP contribution is -2.46. The molecule has 2 aliphatic carbocycles. The van der Waals surface area contributed by atoms with E-state index in [9.17, 15) is 4.79 Å². The summed E-state index contributed by atoms with van der Waals surface area (Å²) >= 11 is 0. The van der Waals surface area contributed by atoms with E-state index in [0.29, 0.717) is 11.7 Å². The Morgan fingerprint density at radius 2 is 1.94 bits per heavy atom. The number of rotatable bonds is 1. The molecule has 100 valence electrons. The first-order valence-electron chi connectivity index (χ1n) is 7.42. The Labute approximate surface area is 109 Å². The van der Waals surface area contributed by atoms with Crippen LogP contribution >= 0.6 is 0 Å². The van der Waals surface area contributed by atoms with E-state index in [1.807, 2.05) is 0 Å². The molecule has 0 radical (unpaired) electrons. The van der Waals surface area contributed by atoms with Gasteiger partial charge in [-0.25, -0.2) is 0 Å². The van der Waals surface area contributed by atoms with Crippen molar-refractivity contribution in [2.45, 2.75) is 64.8 Å². The fraction of sp³-hybridized carbons (Fsp3) is 0.867. The number of Topliss-reactive ketones (excluding diaryl/α,β-unsaturated/α-hetero) is 1. The molecule has 3 aliphatic rings. The summed E-state index contributed by atoms with van der Waals surface area (Å²) < 4.78 is 0. The summed E-state index contributed by atoms with van der Waals surface area (Å²) in [5.74, 6) is 1.10. The number of ketones is 1. The lowest BCUT2D eigenvalue weighted by Gasteiger charge is -2.37. The zero-order valence-corrected chi connectivity index (χ0v) is 11.5. The second-order valence-electron chi connectivity index (χ2n) is 7.10. The van der Waals surface area contributed by atoms with Crippen molar-refractivity contribution in [2.75, 3.05) is 0 Å². The average molecular weight is 248 g/mol. The van der Waals surface area contributed by atoms with Gasteiger partial charge in [-0.1, -0.05) is 33.1 Å². The molecular formula is C15H24N2O. The van der Waals surface area contributed by atoms with Gasteiger partial charge in [-0.2, -0.15) is 5.10 Å². The quantitative estimate of drug-likeness (QED) is 0.775. The third-order valence-corrected chi connectivity index (χ3v) is 4.88. The van der Waals surface area contributed by atoms with Gasteiger partial charge in [0.25, 0.3) is 0 Å². The zero-order chi connectivity index (χ0) is 12.8. The molecule has 3 heteroatoms. The van der Waals surface area contributed by atoms with Crippen molar-refractivity contribution in [1.29, 1.82) is 0 Å². The van der Waals surface area contributed by atoms with Crippen molar-refractivity contribution in [1.82, 2.24) is 5.43 Å². The van der Waals surface area contributed by atoms with Gasteiger partial charge in [-0.15, -0.1) is 0 Å². The highest BCUT2D eigenvalue weighted by molar-refractivity contribution is 6.08. The SMILES string of the molecule is CC1(C)CC(=O)[C@H]2C(C3CCCCC3)=NN[C@H]2C1. The molecule has 0 unspecified atom stereocenters. The summed E-state index contributed by atoms with van der Waals surface area (Å²) in [5, 5.41) is 4.57. The molecule has 0 aromatic carbocycles. The maximum absolute atomic E-state index is 12.4. The van der Waals surface area contributed by atoms with Gasteiger partial charge >= 0.3 is 0 Å². The lowest BCUT2D eigenvalue weighted by atomic mass is 9.66. The van der Waals surface area contributed by atoms with E-state index in [-0.39, 0.29) is 17.4 Å². The van der Waals surface area contributed by atoms with Crippen molar-refractivity contribution in [3.63, 3.8) is 0 Å². The maximum Gasteiger partial charge on any atom is 0.144 e. The van der Waals surface area contributed by atoms with Gasteiger partial charge in [0, 0.05) is 6.42 Å². The predicted octanol–water partition coefficient (Wildman–Crippen LogP) is 2.90. The van der Waals surface area contributed by atoms with E-state index < -0.39 is 0 Å². The van der Waals surface area contributed by atoms with Crippen LogP contribution in [0.15, 0.2) is 5.10 Å². The number of carbonyl (C=O) groups is 1. The third-order valence-electron chi connectivity index (χ3n) is 4.88. The highest BCUT2D eigenvalue weighted by Gasteiger charge is 2.47. The molecule has 0 saturated heterocycles. The van der Waals surface area contributed by atoms with Crippen LogP contribution in [0.5, 0.6) is 0 Å². The standard InChI is InChI=1S/C15H24N2O/c1-15(2)8-11-13(12(18)9-15)14(17-16-11)10-6-4-3-5-7-10/h10-11,13,16H,3-9H2,1-2H3/t11-,13-/m0/s1. The van der Waals surface area contributed by atoms with Crippen molar-refractivity contribution in [3.8, 4) is 0 Å². The lowest BCUT2D eigenvalue weighted by molar-refractivity contribution is -0.126. The summed E-state index contributed by atoms with van der Waals surface area (Å²) in [4.78, 5) is 12.4. The molecule has 2 saturated carbocycles. The van der Waals surface area contributed by atoms with Crippen LogP contribution < -0.4 is 5.43 Å². The van der Waals surface area contributed by atoms with Gasteiger partial charge in [0.15, 0.2) is 0 Å². The Kier molecular flexibility index (Phi) is 2.95. The van der Waals surface area contributed by atoms with Crippen LogP contribution in [0.4, 0.5) is 0 Å². The number of hydrazone groups is 1.